The van der Waals surface area contributed by atoms with Gasteiger partial charge < -0.3 is 15.0 Å². The number of carbonyl (C=O) groups excluding carboxylic acids is 1. The molecule has 0 bridgehead atoms. The van der Waals surface area contributed by atoms with E-state index in [4.69, 9.17) is 17.0 Å². The summed E-state index contributed by atoms with van der Waals surface area (Å²) in [6, 6.07) is 9.74. The second-order valence-electron chi connectivity index (χ2n) is 6.46. The van der Waals surface area contributed by atoms with Gasteiger partial charge in [0.1, 0.15) is 0 Å². The molecule has 6 heteroatoms. The van der Waals surface area contributed by atoms with E-state index >= 15 is 0 Å². The molecule has 1 saturated carbocycles. The summed E-state index contributed by atoms with van der Waals surface area (Å²) in [5.74, 6) is -0.201. The van der Waals surface area contributed by atoms with Crippen LogP contribution in [-0.2, 0) is 4.74 Å². The number of thiocarbonyl (C=S) groups is 1. The summed E-state index contributed by atoms with van der Waals surface area (Å²) in [5.41, 5.74) is 0.591. The fraction of sp³-hybridized carbons (Fsp3) is 0.579. The number of benzene rings is 1. The quantitative estimate of drug-likeness (QED) is 0.549. The molecule has 1 aromatic rings. The first-order valence-corrected chi connectivity index (χ1v) is 9.50. The highest BCUT2D eigenvalue weighted by Crippen LogP contribution is 2.21. The number of hydrogen-bond donors (Lipinski definition) is 2. The van der Waals surface area contributed by atoms with Crippen LogP contribution in [0.2, 0.25) is 0 Å². The van der Waals surface area contributed by atoms with Crippen molar-refractivity contribution in [3.05, 3.63) is 35.9 Å². The molecule has 0 radical (unpaired) electrons. The molecule has 25 heavy (non-hydrogen) atoms. The monoisotopic (exact) mass is 363 g/mol. The van der Waals surface area contributed by atoms with Gasteiger partial charge >= 0.3 is 0 Å². The number of ether oxygens (including phenoxy) is 1. The maximum absolute atomic E-state index is 11.9. The highest BCUT2D eigenvalue weighted by atomic mass is 32.1. The van der Waals surface area contributed by atoms with Gasteiger partial charge in [0.25, 0.3) is 5.91 Å². The molecule has 0 aliphatic heterocycles. The Balaban J connectivity index is 1.51. The molecule has 2 rings (SSSR count). The lowest BCUT2D eigenvalue weighted by Gasteiger charge is -2.31. The van der Waals surface area contributed by atoms with Crippen molar-refractivity contribution >= 4 is 23.2 Å². The van der Waals surface area contributed by atoms with E-state index in [0.717, 1.165) is 19.2 Å². The van der Waals surface area contributed by atoms with Crippen molar-refractivity contribution in [2.45, 2.75) is 38.1 Å². The number of likely N-dealkylation sites (N-methyl/N-ethyl adjacent to an activating group) is 1. The van der Waals surface area contributed by atoms with Crippen LogP contribution in [0.3, 0.4) is 0 Å². The average Bonchev–Trinajstić information content (AvgIpc) is 2.65. The molecule has 2 N–H and O–H groups in total. The van der Waals surface area contributed by atoms with Gasteiger partial charge in [0.05, 0.1) is 13.2 Å². The molecular formula is C19H29N3O2S. The van der Waals surface area contributed by atoms with E-state index in [0.29, 0.717) is 23.8 Å². The molecule has 1 fully saturated rings. The second-order valence-corrected chi connectivity index (χ2v) is 6.87. The van der Waals surface area contributed by atoms with Crippen LogP contribution in [0.5, 0.6) is 0 Å². The normalized spacial score (nSPS) is 15.1. The smallest absolute Gasteiger partial charge is 0.257 e. The van der Waals surface area contributed by atoms with E-state index in [9.17, 15) is 4.79 Å². The lowest BCUT2D eigenvalue weighted by molar-refractivity contribution is 0.0923. The van der Waals surface area contributed by atoms with Crippen LogP contribution in [0.4, 0.5) is 0 Å². The van der Waals surface area contributed by atoms with Gasteiger partial charge in [-0.05, 0) is 44.2 Å². The van der Waals surface area contributed by atoms with E-state index in [1.807, 2.05) is 18.2 Å². The second kappa shape index (κ2) is 11.2. The topological polar surface area (TPSA) is 53.6 Å². The minimum atomic E-state index is -0.201. The van der Waals surface area contributed by atoms with Gasteiger partial charge in [-0.3, -0.25) is 10.1 Å². The molecule has 0 heterocycles. The summed E-state index contributed by atoms with van der Waals surface area (Å²) < 4.78 is 5.66. The van der Waals surface area contributed by atoms with Crippen molar-refractivity contribution in [3.63, 3.8) is 0 Å². The Kier molecular flexibility index (Phi) is 8.86. The maximum atomic E-state index is 11.9. The summed E-state index contributed by atoms with van der Waals surface area (Å²) in [4.78, 5) is 14.4. The van der Waals surface area contributed by atoms with E-state index in [-0.39, 0.29) is 5.91 Å². The summed E-state index contributed by atoms with van der Waals surface area (Å²) in [6.07, 6.45) is 6.71. The van der Waals surface area contributed by atoms with E-state index < -0.39 is 0 Å². The molecule has 0 aromatic heterocycles. The lowest BCUT2D eigenvalue weighted by Crippen LogP contribution is -2.40. The third-order valence-corrected chi connectivity index (χ3v) is 4.83. The number of nitrogens with zero attached hydrogens (tertiary/aromatic N) is 1. The molecule has 0 unspecified atom stereocenters. The fourth-order valence-corrected chi connectivity index (χ4v) is 3.26. The molecule has 1 aromatic carbocycles. The van der Waals surface area contributed by atoms with Gasteiger partial charge in [0, 0.05) is 24.7 Å². The predicted molar refractivity (Wildman–Crippen MR) is 105 cm³/mol. The Morgan fingerprint density at radius 2 is 1.92 bits per heavy atom. The third kappa shape index (κ3) is 7.50. The maximum Gasteiger partial charge on any atom is 0.257 e. The van der Waals surface area contributed by atoms with Gasteiger partial charge in [-0.15, -0.1) is 0 Å². The third-order valence-electron chi connectivity index (χ3n) is 4.58. The van der Waals surface area contributed by atoms with Crippen LogP contribution in [-0.4, -0.2) is 55.3 Å². The first-order chi connectivity index (χ1) is 12.2. The molecule has 0 spiro atoms. The van der Waals surface area contributed by atoms with Gasteiger partial charge in [-0.1, -0.05) is 37.5 Å². The van der Waals surface area contributed by atoms with E-state index in [1.54, 1.807) is 12.1 Å². The van der Waals surface area contributed by atoms with Crippen molar-refractivity contribution < 1.29 is 9.53 Å². The van der Waals surface area contributed by atoms with Gasteiger partial charge in [-0.2, -0.15) is 0 Å². The van der Waals surface area contributed by atoms with Crippen molar-refractivity contribution in [2.75, 3.05) is 33.4 Å². The number of amides is 1. The Bertz CT molecular complexity index is 533. The number of carbonyl (C=O) groups is 1. The van der Waals surface area contributed by atoms with Crippen LogP contribution >= 0.6 is 12.2 Å². The van der Waals surface area contributed by atoms with Crippen molar-refractivity contribution in [3.8, 4) is 0 Å². The van der Waals surface area contributed by atoms with E-state index in [2.05, 4.69) is 22.6 Å². The summed E-state index contributed by atoms with van der Waals surface area (Å²) >= 11 is 5.13. The van der Waals surface area contributed by atoms with E-state index in [1.165, 1.54) is 32.1 Å². The number of nitrogens with one attached hydrogen (secondary N) is 2. The van der Waals surface area contributed by atoms with Crippen LogP contribution < -0.4 is 10.6 Å². The molecule has 1 aliphatic carbocycles. The first-order valence-electron chi connectivity index (χ1n) is 9.09. The van der Waals surface area contributed by atoms with Crippen LogP contribution in [0.1, 0.15) is 42.5 Å². The Hall–Kier alpha value is -1.50. The zero-order chi connectivity index (χ0) is 17.9. The van der Waals surface area contributed by atoms with Crippen LogP contribution in [0.25, 0.3) is 0 Å². The molecular weight excluding hydrogens is 334 g/mol. The summed E-state index contributed by atoms with van der Waals surface area (Å²) in [5, 5.41) is 5.99. The standard InChI is InChI=1S/C19H29N3O2S/c1-22(17-10-6-3-7-11-17)13-15-24-14-12-20-19(25)21-18(23)16-8-4-2-5-9-16/h2,4-5,8-9,17H,3,6-7,10-15H2,1H3,(H2,20,21,23,25). The zero-order valence-corrected chi connectivity index (χ0v) is 15.8. The SMILES string of the molecule is CN(CCOCCNC(=S)NC(=O)c1ccccc1)C1CCCCC1. The molecule has 1 aliphatic rings. The lowest BCUT2D eigenvalue weighted by atomic mass is 9.94. The molecule has 0 atom stereocenters. The van der Waals surface area contributed by atoms with Crippen molar-refractivity contribution in [1.82, 2.24) is 15.5 Å². The van der Waals surface area contributed by atoms with Crippen LogP contribution in [0.15, 0.2) is 30.3 Å². The Morgan fingerprint density at radius 3 is 2.64 bits per heavy atom. The Morgan fingerprint density at radius 1 is 1.20 bits per heavy atom. The molecule has 5 nitrogen and oxygen atoms in total. The van der Waals surface area contributed by atoms with Crippen LogP contribution in [0, 0.1) is 0 Å². The Labute approximate surface area is 156 Å². The van der Waals surface area contributed by atoms with Crippen molar-refractivity contribution in [2.24, 2.45) is 0 Å². The predicted octanol–water partition coefficient (Wildman–Crippen LogP) is 2.57. The highest BCUT2D eigenvalue weighted by Gasteiger charge is 2.17. The molecule has 1 amide bonds. The minimum absolute atomic E-state index is 0.201. The van der Waals surface area contributed by atoms with Gasteiger partial charge in [0.2, 0.25) is 0 Å². The van der Waals surface area contributed by atoms with Crippen molar-refractivity contribution in [1.29, 1.82) is 0 Å². The first kappa shape index (κ1) is 19.8. The molecule has 0 saturated heterocycles. The fourth-order valence-electron chi connectivity index (χ4n) is 3.06. The summed E-state index contributed by atoms with van der Waals surface area (Å²) in [6.45, 7) is 2.83. The zero-order valence-electron chi connectivity index (χ0n) is 15.0. The largest absolute Gasteiger partial charge is 0.378 e. The number of hydrogen-bond acceptors (Lipinski definition) is 4. The van der Waals surface area contributed by atoms with Gasteiger partial charge in [-0.25, -0.2) is 0 Å². The molecule has 138 valence electrons. The summed E-state index contributed by atoms with van der Waals surface area (Å²) in [7, 11) is 2.19. The highest BCUT2D eigenvalue weighted by molar-refractivity contribution is 7.80. The number of rotatable bonds is 8. The van der Waals surface area contributed by atoms with Gasteiger partial charge in [0.15, 0.2) is 5.11 Å². The minimum Gasteiger partial charge on any atom is -0.378 e. The average molecular weight is 364 g/mol.